The molecule has 144 valence electrons. The summed E-state index contributed by atoms with van der Waals surface area (Å²) in [6.07, 6.45) is 1.45. The Balaban J connectivity index is 2.01. The van der Waals surface area contributed by atoms with Gasteiger partial charge in [0.05, 0.1) is 40.3 Å². The molecular weight excluding hydrogens is 407 g/mol. The molecule has 12 heteroatoms. The lowest BCUT2D eigenvalue weighted by molar-refractivity contribution is -0.185. The summed E-state index contributed by atoms with van der Waals surface area (Å²) in [7, 11) is 0. The van der Waals surface area contributed by atoms with E-state index >= 15 is 0 Å². The quantitative estimate of drug-likeness (QED) is 0.209. The number of nitrogen functional groups attached to an aromatic ring is 1. The minimum absolute atomic E-state index is 0.0353. The Kier molecular flexibility index (Phi) is 5.81. The van der Waals surface area contributed by atoms with E-state index in [9.17, 15) is 17.7 Å². The fraction of sp³-hybridized carbons (Fsp3) is 0.200. The number of rotatable bonds is 6. The van der Waals surface area contributed by atoms with Crippen LogP contribution in [0.4, 0.5) is 19.0 Å². The molecule has 0 saturated carbocycles. The average Bonchev–Trinajstić information content (AvgIpc) is 3.03. The standard InChI is InChI=1S/C15H12F3N3O4S2/c1-2-23-25-26-11-5-6-20-13(19)12(11)14-21-9-7-8(3-4-10(9)24-14)27(22)15(16,17)18/h3-7H,2H2,1H3,(H2,19,20). The minimum atomic E-state index is -4.87. The molecule has 27 heavy (non-hydrogen) atoms. The summed E-state index contributed by atoms with van der Waals surface area (Å²) in [5.74, 6) is 0.124. The van der Waals surface area contributed by atoms with Crippen molar-refractivity contribution in [1.29, 1.82) is 0 Å². The Labute approximate surface area is 158 Å². The molecule has 2 heterocycles. The van der Waals surface area contributed by atoms with Crippen LogP contribution in [0.25, 0.3) is 22.6 Å². The second-order valence-electron chi connectivity index (χ2n) is 4.99. The van der Waals surface area contributed by atoms with E-state index in [1.807, 2.05) is 0 Å². The Morgan fingerprint density at radius 2 is 2.11 bits per heavy atom. The van der Waals surface area contributed by atoms with Gasteiger partial charge in [0.1, 0.15) is 11.3 Å². The minimum Gasteiger partial charge on any atom is -0.604 e. The van der Waals surface area contributed by atoms with E-state index in [4.69, 9.17) is 19.4 Å². The number of fused-ring (bicyclic) bond motifs is 1. The molecule has 1 atom stereocenters. The number of hydrogen-bond acceptors (Lipinski definition) is 8. The molecule has 7 nitrogen and oxygen atoms in total. The van der Waals surface area contributed by atoms with Crippen molar-refractivity contribution in [3.05, 3.63) is 30.5 Å². The number of hydrogen-bond donors (Lipinski definition) is 1. The van der Waals surface area contributed by atoms with Gasteiger partial charge in [-0.1, -0.05) is 0 Å². The third kappa shape index (κ3) is 4.30. The van der Waals surface area contributed by atoms with Gasteiger partial charge in [0.2, 0.25) is 5.89 Å². The molecule has 2 N–H and O–H groups in total. The lowest BCUT2D eigenvalue weighted by Gasteiger charge is -2.11. The van der Waals surface area contributed by atoms with E-state index in [0.29, 0.717) is 17.1 Å². The van der Waals surface area contributed by atoms with Crippen LogP contribution in [0.5, 0.6) is 0 Å². The number of nitrogens with zero attached hydrogens (tertiary/aromatic N) is 2. The van der Waals surface area contributed by atoms with Crippen LogP contribution in [0.15, 0.2) is 44.7 Å². The van der Waals surface area contributed by atoms with Gasteiger partial charge in [-0.3, -0.25) is 0 Å². The van der Waals surface area contributed by atoms with Crippen molar-refractivity contribution < 1.29 is 31.4 Å². The second kappa shape index (κ2) is 7.94. The maximum Gasteiger partial charge on any atom is 0.578 e. The number of benzene rings is 1. The highest BCUT2D eigenvalue weighted by Gasteiger charge is 2.46. The average molecular weight is 419 g/mol. The molecule has 0 aliphatic heterocycles. The molecule has 0 radical (unpaired) electrons. The molecule has 3 rings (SSSR count). The van der Waals surface area contributed by atoms with Gasteiger partial charge in [-0.15, -0.1) is 13.2 Å². The van der Waals surface area contributed by atoms with Crippen molar-refractivity contribution in [3.63, 3.8) is 0 Å². The maximum absolute atomic E-state index is 12.7. The van der Waals surface area contributed by atoms with Gasteiger partial charge in [0.25, 0.3) is 0 Å². The lowest BCUT2D eigenvalue weighted by Crippen LogP contribution is -2.23. The monoisotopic (exact) mass is 419 g/mol. The number of pyridine rings is 1. The van der Waals surface area contributed by atoms with Crippen LogP contribution >= 0.6 is 12.0 Å². The first-order valence-corrected chi connectivity index (χ1v) is 9.30. The van der Waals surface area contributed by atoms with Crippen LogP contribution in [0, 0.1) is 0 Å². The van der Waals surface area contributed by atoms with Gasteiger partial charge < -0.3 is 14.7 Å². The topological polar surface area (TPSA) is 106 Å². The van der Waals surface area contributed by atoms with Crippen molar-refractivity contribution >= 4 is 40.1 Å². The fourth-order valence-corrected chi connectivity index (χ4v) is 3.40. The van der Waals surface area contributed by atoms with E-state index in [1.54, 1.807) is 13.0 Å². The summed E-state index contributed by atoms with van der Waals surface area (Å²) < 4.78 is 60.0. The lowest BCUT2D eigenvalue weighted by atomic mass is 10.2. The smallest absolute Gasteiger partial charge is 0.578 e. The van der Waals surface area contributed by atoms with Crippen molar-refractivity contribution in [3.8, 4) is 11.5 Å². The fourth-order valence-electron chi connectivity index (χ4n) is 2.12. The van der Waals surface area contributed by atoms with Crippen LogP contribution in [0.1, 0.15) is 6.92 Å². The number of nitrogens with two attached hydrogens (primary N) is 1. The van der Waals surface area contributed by atoms with Crippen molar-refractivity contribution in [2.45, 2.75) is 22.2 Å². The molecule has 0 fully saturated rings. The maximum atomic E-state index is 12.7. The summed E-state index contributed by atoms with van der Waals surface area (Å²) in [6, 6.07) is 4.98. The van der Waals surface area contributed by atoms with Gasteiger partial charge in [0.15, 0.2) is 10.5 Å². The number of aromatic nitrogens is 2. The largest absolute Gasteiger partial charge is 0.604 e. The first-order chi connectivity index (χ1) is 12.8. The summed E-state index contributed by atoms with van der Waals surface area (Å²) in [5, 5.41) is 0. The zero-order chi connectivity index (χ0) is 19.6. The van der Waals surface area contributed by atoms with Gasteiger partial charge in [-0.25, -0.2) is 14.9 Å². The highest BCUT2D eigenvalue weighted by molar-refractivity contribution is 7.94. The SMILES string of the molecule is CCOOSc1ccnc(N)c1-c1nc2cc([S+]([O-])C(F)(F)F)ccc2o1. The zero-order valence-electron chi connectivity index (χ0n) is 13.6. The molecule has 0 amide bonds. The normalized spacial score (nSPS) is 13.2. The van der Waals surface area contributed by atoms with Crippen molar-refractivity contribution in [1.82, 2.24) is 9.97 Å². The van der Waals surface area contributed by atoms with Gasteiger partial charge in [0, 0.05) is 12.3 Å². The molecule has 0 aliphatic rings. The number of alkyl halides is 3. The molecule has 1 unspecified atom stereocenters. The van der Waals surface area contributed by atoms with Crippen LogP contribution in [-0.2, 0) is 20.4 Å². The highest BCUT2D eigenvalue weighted by atomic mass is 32.2. The number of oxazole rings is 1. The third-order valence-corrected chi connectivity index (χ3v) is 5.02. The molecular formula is C15H12F3N3O4S2. The summed E-state index contributed by atoms with van der Waals surface area (Å²) in [4.78, 5) is 13.0. The second-order valence-corrected chi connectivity index (χ2v) is 7.20. The van der Waals surface area contributed by atoms with E-state index in [-0.39, 0.29) is 22.8 Å². The molecule has 0 bridgehead atoms. The Bertz CT molecular complexity index is 952. The number of halogens is 3. The Morgan fingerprint density at radius 3 is 2.81 bits per heavy atom. The molecule has 2 aromatic heterocycles. The van der Waals surface area contributed by atoms with Crippen LogP contribution in [-0.4, -0.2) is 26.6 Å². The van der Waals surface area contributed by atoms with Gasteiger partial charge >= 0.3 is 5.51 Å². The molecule has 0 spiro atoms. The Morgan fingerprint density at radius 1 is 1.33 bits per heavy atom. The summed E-state index contributed by atoms with van der Waals surface area (Å²) in [6.45, 7) is 2.07. The van der Waals surface area contributed by atoms with Crippen molar-refractivity contribution in [2.75, 3.05) is 12.3 Å². The van der Waals surface area contributed by atoms with Gasteiger partial charge in [-0.2, -0.15) is 4.33 Å². The van der Waals surface area contributed by atoms with E-state index in [0.717, 1.165) is 24.2 Å². The van der Waals surface area contributed by atoms with Gasteiger partial charge in [-0.05, 0) is 25.1 Å². The first-order valence-electron chi connectivity index (χ1n) is 7.41. The molecule has 3 aromatic rings. The predicted octanol–water partition coefficient (Wildman–Crippen LogP) is 4.07. The molecule has 0 saturated heterocycles. The zero-order valence-corrected chi connectivity index (χ0v) is 15.3. The summed E-state index contributed by atoms with van der Waals surface area (Å²) >= 11 is -2.30. The van der Waals surface area contributed by atoms with E-state index < -0.39 is 21.6 Å². The molecule has 0 aliphatic carbocycles. The summed E-state index contributed by atoms with van der Waals surface area (Å²) in [5.41, 5.74) is 1.64. The number of anilines is 1. The van der Waals surface area contributed by atoms with Crippen LogP contribution in [0.3, 0.4) is 0 Å². The van der Waals surface area contributed by atoms with Crippen molar-refractivity contribution in [2.24, 2.45) is 0 Å². The van der Waals surface area contributed by atoms with E-state index in [1.165, 1.54) is 12.3 Å². The Hall–Kier alpha value is -1.99. The first kappa shape index (κ1) is 19.8. The third-order valence-electron chi connectivity index (χ3n) is 3.23. The van der Waals surface area contributed by atoms with Crippen LogP contribution in [0.2, 0.25) is 0 Å². The molecule has 1 aromatic carbocycles. The predicted molar refractivity (Wildman–Crippen MR) is 92.7 cm³/mol. The van der Waals surface area contributed by atoms with Crippen LogP contribution < -0.4 is 5.73 Å². The van der Waals surface area contributed by atoms with E-state index in [2.05, 4.69) is 9.97 Å². The highest BCUT2D eigenvalue weighted by Crippen LogP contribution is 2.37.